The molecule has 0 spiro atoms. The molecule has 17 heavy (non-hydrogen) atoms. The molecule has 3 heteroatoms. The van der Waals surface area contributed by atoms with Crippen LogP contribution in [0.25, 0.3) is 0 Å². The average molecular weight is 235 g/mol. The van der Waals surface area contributed by atoms with Gasteiger partial charge in [0.15, 0.2) is 0 Å². The van der Waals surface area contributed by atoms with E-state index < -0.39 is 0 Å². The fraction of sp³-hybridized carbons (Fsp3) is 0.571. The minimum Gasteiger partial charge on any atom is -0.395 e. The maximum Gasteiger partial charge on any atom is 0.0601 e. The van der Waals surface area contributed by atoms with Crippen molar-refractivity contribution in [3.8, 4) is 0 Å². The van der Waals surface area contributed by atoms with Gasteiger partial charge in [0.2, 0.25) is 0 Å². The molecule has 1 saturated heterocycles. The molecule has 1 aliphatic heterocycles. The predicted octanol–water partition coefficient (Wildman–Crippen LogP) is 1.40. The molecule has 3 N–H and O–H groups in total. The molecule has 1 aromatic carbocycles. The number of nitrogens with two attached hydrogens (primary N) is 1. The van der Waals surface area contributed by atoms with Gasteiger partial charge < -0.3 is 15.6 Å². The van der Waals surface area contributed by atoms with Gasteiger partial charge in [-0.05, 0) is 17.0 Å². The second-order valence-electron chi connectivity index (χ2n) is 5.21. The number of aliphatic hydroxyl groups is 1. The highest BCUT2D eigenvalue weighted by molar-refractivity contribution is 5.34. The predicted molar refractivity (Wildman–Crippen MR) is 68.1 cm³/mol. The third-order valence-corrected chi connectivity index (χ3v) is 3.78. The van der Waals surface area contributed by atoms with Crippen LogP contribution in [0.2, 0.25) is 0 Å². The third-order valence-electron chi connectivity index (χ3n) is 3.78. The van der Waals surface area contributed by atoms with E-state index in [0.29, 0.717) is 19.1 Å². The van der Waals surface area contributed by atoms with E-state index in [0.717, 1.165) is 0 Å². The highest BCUT2D eigenvalue weighted by Crippen LogP contribution is 2.35. The fourth-order valence-corrected chi connectivity index (χ4v) is 2.29. The van der Waals surface area contributed by atoms with E-state index in [9.17, 15) is 5.11 Å². The van der Waals surface area contributed by atoms with Crippen LogP contribution in [0, 0.1) is 0 Å². The van der Waals surface area contributed by atoms with Gasteiger partial charge in [0, 0.05) is 6.04 Å². The topological polar surface area (TPSA) is 55.5 Å². The van der Waals surface area contributed by atoms with Crippen molar-refractivity contribution in [1.29, 1.82) is 0 Å². The monoisotopic (exact) mass is 235 g/mol. The fourth-order valence-electron chi connectivity index (χ4n) is 2.29. The zero-order valence-corrected chi connectivity index (χ0v) is 10.5. The van der Waals surface area contributed by atoms with Gasteiger partial charge in [-0.1, -0.05) is 38.1 Å². The average Bonchev–Trinajstić information content (AvgIpc) is 2.28. The van der Waals surface area contributed by atoms with Crippen LogP contribution in [-0.4, -0.2) is 31.0 Å². The van der Waals surface area contributed by atoms with Crippen molar-refractivity contribution in [2.45, 2.75) is 31.2 Å². The molecule has 1 fully saturated rings. The lowest BCUT2D eigenvalue weighted by Crippen LogP contribution is -2.60. The van der Waals surface area contributed by atoms with E-state index in [1.165, 1.54) is 11.1 Å². The Hall–Kier alpha value is -0.900. The Kier molecular flexibility index (Phi) is 3.52. The molecule has 0 amide bonds. The van der Waals surface area contributed by atoms with Crippen molar-refractivity contribution in [3.63, 3.8) is 0 Å². The first kappa shape index (κ1) is 12.6. The van der Waals surface area contributed by atoms with Crippen LogP contribution in [0.15, 0.2) is 24.3 Å². The van der Waals surface area contributed by atoms with Gasteiger partial charge in [0.25, 0.3) is 0 Å². The zero-order chi connectivity index (χ0) is 12.5. The van der Waals surface area contributed by atoms with Gasteiger partial charge in [-0.3, -0.25) is 0 Å². The first-order valence-electron chi connectivity index (χ1n) is 6.15. The summed E-state index contributed by atoms with van der Waals surface area (Å²) in [6.45, 7) is 5.56. The minimum absolute atomic E-state index is 0.00467. The Morgan fingerprint density at radius 1 is 1.29 bits per heavy atom. The molecule has 3 nitrogen and oxygen atoms in total. The van der Waals surface area contributed by atoms with Crippen LogP contribution < -0.4 is 5.73 Å². The maximum absolute atomic E-state index is 9.26. The van der Waals surface area contributed by atoms with Crippen LogP contribution in [0.3, 0.4) is 0 Å². The van der Waals surface area contributed by atoms with E-state index in [1.54, 1.807) is 0 Å². The summed E-state index contributed by atoms with van der Waals surface area (Å²) in [5, 5.41) is 9.26. The number of rotatable bonds is 4. The Labute approximate surface area is 103 Å². The maximum atomic E-state index is 9.26. The highest BCUT2D eigenvalue weighted by atomic mass is 16.5. The number of hydrogen-bond acceptors (Lipinski definition) is 3. The largest absolute Gasteiger partial charge is 0.395 e. The van der Waals surface area contributed by atoms with Gasteiger partial charge in [0.1, 0.15) is 0 Å². The van der Waals surface area contributed by atoms with Gasteiger partial charge in [-0.25, -0.2) is 0 Å². The van der Waals surface area contributed by atoms with Crippen molar-refractivity contribution in [2.24, 2.45) is 5.73 Å². The molecule has 1 unspecified atom stereocenters. The van der Waals surface area contributed by atoms with Gasteiger partial charge in [-0.15, -0.1) is 0 Å². The van der Waals surface area contributed by atoms with E-state index in [4.69, 9.17) is 10.5 Å². The molecule has 94 valence electrons. The van der Waals surface area contributed by atoms with E-state index >= 15 is 0 Å². The van der Waals surface area contributed by atoms with Crippen LogP contribution in [0.5, 0.6) is 0 Å². The van der Waals surface area contributed by atoms with Crippen LogP contribution in [-0.2, 0) is 10.2 Å². The lowest BCUT2D eigenvalue weighted by molar-refractivity contribution is -0.0798. The first-order valence-corrected chi connectivity index (χ1v) is 6.15. The number of hydrogen-bond donors (Lipinski definition) is 2. The molecule has 2 rings (SSSR count). The van der Waals surface area contributed by atoms with Crippen molar-refractivity contribution >= 4 is 0 Å². The minimum atomic E-state index is -0.249. The Bertz CT molecular complexity index is 368. The SMILES string of the molecule is CC(C)c1ccc(C2(C(N)CO)COC2)cc1. The standard InChI is InChI=1S/C14H21NO2/c1-10(2)11-3-5-12(6-4-11)14(8-17-9-14)13(15)7-16/h3-6,10,13,16H,7-9,15H2,1-2H3. The number of ether oxygens (including phenoxy) is 1. The molecule has 0 aromatic heterocycles. The Balaban J connectivity index is 2.26. The normalized spacial score (nSPS) is 20.1. The Morgan fingerprint density at radius 2 is 1.88 bits per heavy atom. The molecule has 0 saturated carbocycles. The van der Waals surface area contributed by atoms with Crippen LogP contribution >= 0.6 is 0 Å². The third kappa shape index (κ3) is 2.10. The van der Waals surface area contributed by atoms with Crippen molar-refractivity contribution in [2.75, 3.05) is 19.8 Å². The lowest BCUT2D eigenvalue weighted by atomic mass is 9.72. The summed E-state index contributed by atoms with van der Waals surface area (Å²) in [7, 11) is 0. The van der Waals surface area contributed by atoms with Gasteiger partial charge in [0.05, 0.1) is 25.2 Å². The van der Waals surface area contributed by atoms with Crippen molar-refractivity contribution in [3.05, 3.63) is 35.4 Å². The lowest BCUT2D eigenvalue weighted by Gasteiger charge is -2.45. The first-order chi connectivity index (χ1) is 8.10. The number of aliphatic hydroxyl groups excluding tert-OH is 1. The van der Waals surface area contributed by atoms with E-state index in [1.807, 2.05) is 0 Å². The molecule has 1 aliphatic rings. The second kappa shape index (κ2) is 4.77. The molecular weight excluding hydrogens is 214 g/mol. The van der Waals surface area contributed by atoms with Gasteiger partial charge in [-0.2, -0.15) is 0 Å². The molecule has 0 radical (unpaired) electrons. The summed E-state index contributed by atoms with van der Waals surface area (Å²) >= 11 is 0. The Morgan fingerprint density at radius 3 is 2.24 bits per heavy atom. The van der Waals surface area contributed by atoms with Crippen LogP contribution in [0.4, 0.5) is 0 Å². The quantitative estimate of drug-likeness (QED) is 0.829. The van der Waals surface area contributed by atoms with Crippen molar-refractivity contribution < 1.29 is 9.84 Å². The van der Waals surface area contributed by atoms with Crippen LogP contribution in [0.1, 0.15) is 30.9 Å². The van der Waals surface area contributed by atoms with Gasteiger partial charge >= 0.3 is 0 Å². The molecule has 0 bridgehead atoms. The summed E-state index contributed by atoms with van der Waals surface area (Å²) < 4.78 is 5.30. The van der Waals surface area contributed by atoms with Crippen molar-refractivity contribution in [1.82, 2.24) is 0 Å². The van der Waals surface area contributed by atoms with E-state index in [2.05, 4.69) is 38.1 Å². The second-order valence-corrected chi connectivity index (χ2v) is 5.21. The molecule has 1 heterocycles. The van der Waals surface area contributed by atoms with E-state index in [-0.39, 0.29) is 18.1 Å². The summed E-state index contributed by atoms with van der Waals surface area (Å²) in [5.41, 5.74) is 8.32. The molecule has 1 atom stereocenters. The summed E-state index contributed by atoms with van der Waals surface area (Å²) in [4.78, 5) is 0. The molecular formula is C14H21NO2. The highest BCUT2D eigenvalue weighted by Gasteiger charge is 2.45. The zero-order valence-electron chi connectivity index (χ0n) is 10.5. The summed E-state index contributed by atoms with van der Waals surface area (Å²) in [6, 6.07) is 8.27. The number of benzene rings is 1. The summed E-state index contributed by atoms with van der Waals surface area (Å²) in [6.07, 6.45) is 0. The molecule has 1 aromatic rings. The molecule has 0 aliphatic carbocycles. The smallest absolute Gasteiger partial charge is 0.0601 e. The summed E-state index contributed by atoms with van der Waals surface area (Å²) in [5.74, 6) is 0.532.